The van der Waals surface area contributed by atoms with Crippen LogP contribution in [-0.2, 0) is 0 Å². The molecular weight excluding hydrogens is 202 g/mol. The molecule has 0 unspecified atom stereocenters. The smallest absolute Gasteiger partial charge is 0.134 e. The van der Waals surface area contributed by atoms with Gasteiger partial charge in [-0.3, -0.25) is 4.98 Å². The van der Waals surface area contributed by atoms with Crippen LogP contribution in [0.3, 0.4) is 0 Å². The van der Waals surface area contributed by atoms with Gasteiger partial charge in [0.25, 0.3) is 0 Å². The summed E-state index contributed by atoms with van der Waals surface area (Å²) in [6, 6.07) is 7.39. The SMILES string of the molecule is CCCCOc1ccc2ncc(O)cc2c1. The van der Waals surface area contributed by atoms with Crippen LogP contribution in [0.2, 0.25) is 0 Å². The number of unbranched alkanes of at least 4 members (excludes halogenated alkanes) is 1. The summed E-state index contributed by atoms with van der Waals surface area (Å²) in [6.07, 6.45) is 3.62. The molecule has 0 aliphatic heterocycles. The first-order valence-electron chi connectivity index (χ1n) is 5.51. The fourth-order valence-corrected chi connectivity index (χ4v) is 1.52. The average molecular weight is 217 g/mol. The van der Waals surface area contributed by atoms with Crippen LogP contribution >= 0.6 is 0 Å². The lowest BCUT2D eigenvalue weighted by molar-refractivity contribution is 0.310. The Hall–Kier alpha value is -1.77. The molecule has 1 aromatic carbocycles. The molecule has 0 radical (unpaired) electrons. The van der Waals surface area contributed by atoms with E-state index < -0.39 is 0 Å². The number of aromatic hydroxyl groups is 1. The highest BCUT2D eigenvalue weighted by molar-refractivity contribution is 5.81. The lowest BCUT2D eigenvalue weighted by Crippen LogP contribution is -1.96. The van der Waals surface area contributed by atoms with Crippen LogP contribution in [0.1, 0.15) is 19.8 Å². The van der Waals surface area contributed by atoms with Gasteiger partial charge in [0, 0.05) is 5.39 Å². The van der Waals surface area contributed by atoms with E-state index >= 15 is 0 Å². The van der Waals surface area contributed by atoms with E-state index in [1.165, 1.54) is 6.20 Å². The van der Waals surface area contributed by atoms with E-state index in [1.807, 2.05) is 18.2 Å². The van der Waals surface area contributed by atoms with Crippen molar-refractivity contribution in [3.8, 4) is 11.5 Å². The van der Waals surface area contributed by atoms with E-state index in [-0.39, 0.29) is 5.75 Å². The highest BCUT2D eigenvalue weighted by Crippen LogP contribution is 2.22. The molecule has 0 saturated heterocycles. The summed E-state index contributed by atoms with van der Waals surface area (Å²) in [5.41, 5.74) is 0.862. The van der Waals surface area contributed by atoms with Crippen molar-refractivity contribution in [2.45, 2.75) is 19.8 Å². The first-order chi connectivity index (χ1) is 7.79. The number of benzene rings is 1. The van der Waals surface area contributed by atoms with E-state index in [4.69, 9.17) is 4.74 Å². The molecule has 16 heavy (non-hydrogen) atoms. The molecule has 3 nitrogen and oxygen atoms in total. The first kappa shape index (κ1) is 10.7. The van der Waals surface area contributed by atoms with Crippen LogP contribution in [-0.4, -0.2) is 16.7 Å². The fraction of sp³-hybridized carbons (Fsp3) is 0.308. The van der Waals surface area contributed by atoms with Gasteiger partial charge in [-0.25, -0.2) is 0 Å². The van der Waals surface area contributed by atoms with Crippen LogP contribution in [0.25, 0.3) is 10.9 Å². The largest absolute Gasteiger partial charge is 0.506 e. The van der Waals surface area contributed by atoms with Crippen LogP contribution in [0.4, 0.5) is 0 Å². The molecule has 2 aromatic rings. The number of rotatable bonds is 4. The van der Waals surface area contributed by atoms with E-state index in [1.54, 1.807) is 6.07 Å². The lowest BCUT2D eigenvalue weighted by atomic mass is 10.2. The summed E-state index contributed by atoms with van der Waals surface area (Å²) in [5, 5.41) is 10.2. The Bertz CT molecular complexity index is 482. The van der Waals surface area contributed by atoms with Crippen molar-refractivity contribution in [1.29, 1.82) is 0 Å². The van der Waals surface area contributed by atoms with Gasteiger partial charge in [0.05, 0.1) is 18.3 Å². The standard InChI is InChI=1S/C13H15NO2/c1-2-3-6-16-12-4-5-13-10(8-12)7-11(15)9-14-13/h4-5,7-9,15H,2-3,6H2,1H3. The van der Waals surface area contributed by atoms with Crippen LogP contribution < -0.4 is 4.74 Å². The van der Waals surface area contributed by atoms with E-state index in [9.17, 15) is 5.11 Å². The maximum absolute atomic E-state index is 9.33. The number of pyridine rings is 1. The van der Waals surface area contributed by atoms with E-state index in [0.717, 1.165) is 36.1 Å². The molecule has 1 N–H and O–H groups in total. The Morgan fingerprint density at radius 3 is 3.00 bits per heavy atom. The Morgan fingerprint density at radius 1 is 1.31 bits per heavy atom. The summed E-state index contributed by atoms with van der Waals surface area (Å²) < 4.78 is 5.58. The molecular formula is C13H15NO2. The third-order valence-corrected chi connectivity index (χ3v) is 2.40. The quantitative estimate of drug-likeness (QED) is 0.800. The van der Waals surface area contributed by atoms with Gasteiger partial charge in [-0.2, -0.15) is 0 Å². The molecule has 1 heterocycles. The minimum Gasteiger partial charge on any atom is -0.506 e. The molecule has 3 heteroatoms. The van der Waals surface area contributed by atoms with Crippen molar-refractivity contribution in [3.63, 3.8) is 0 Å². The molecule has 0 atom stereocenters. The predicted molar refractivity (Wildman–Crippen MR) is 63.8 cm³/mol. The first-order valence-corrected chi connectivity index (χ1v) is 5.51. The van der Waals surface area contributed by atoms with Gasteiger partial charge in [0.15, 0.2) is 0 Å². The lowest BCUT2D eigenvalue weighted by Gasteiger charge is -2.06. The molecule has 2 rings (SSSR count). The molecule has 0 spiro atoms. The highest BCUT2D eigenvalue weighted by Gasteiger charge is 1.99. The molecule has 84 valence electrons. The number of nitrogens with zero attached hydrogens (tertiary/aromatic N) is 1. The molecule has 0 aliphatic rings. The minimum absolute atomic E-state index is 0.179. The van der Waals surface area contributed by atoms with Gasteiger partial charge < -0.3 is 9.84 Å². The second kappa shape index (κ2) is 4.84. The Kier molecular flexibility index (Phi) is 3.25. The summed E-state index contributed by atoms with van der Waals surface area (Å²) in [4.78, 5) is 4.11. The van der Waals surface area contributed by atoms with Crippen LogP contribution in [0.15, 0.2) is 30.5 Å². The predicted octanol–water partition coefficient (Wildman–Crippen LogP) is 3.12. The van der Waals surface area contributed by atoms with Gasteiger partial charge in [-0.05, 0) is 30.7 Å². The van der Waals surface area contributed by atoms with Gasteiger partial charge >= 0.3 is 0 Å². The monoisotopic (exact) mass is 217 g/mol. The fourth-order valence-electron chi connectivity index (χ4n) is 1.52. The zero-order chi connectivity index (χ0) is 11.4. The van der Waals surface area contributed by atoms with Crippen LogP contribution in [0.5, 0.6) is 11.5 Å². The van der Waals surface area contributed by atoms with Gasteiger partial charge in [-0.15, -0.1) is 0 Å². The topological polar surface area (TPSA) is 42.4 Å². The van der Waals surface area contributed by atoms with Crippen molar-refractivity contribution >= 4 is 10.9 Å². The number of hydrogen-bond donors (Lipinski definition) is 1. The van der Waals surface area contributed by atoms with Crippen molar-refractivity contribution < 1.29 is 9.84 Å². The number of fused-ring (bicyclic) bond motifs is 1. The van der Waals surface area contributed by atoms with Gasteiger partial charge in [-0.1, -0.05) is 13.3 Å². The van der Waals surface area contributed by atoms with E-state index in [0.29, 0.717) is 0 Å². The zero-order valence-electron chi connectivity index (χ0n) is 9.31. The Morgan fingerprint density at radius 2 is 2.19 bits per heavy atom. The minimum atomic E-state index is 0.179. The van der Waals surface area contributed by atoms with Crippen LogP contribution in [0, 0.1) is 0 Å². The maximum atomic E-state index is 9.33. The van der Waals surface area contributed by atoms with Gasteiger partial charge in [0.1, 0.15) is 11.5 Å². The summed E-state index contributed by atoms with van der Waals surface area (Å²) >= 11 is 0. The van der Waals surface area contributed by atoms with E-state index in [2.05, 4.69) is 11.9 Å². The second-order valence-electron chi connectivity index (χ2n) is 3.75. The molecule has 1 aromatic heterocycles. The average Bonchev–Trinajstić information content (AvgIpc) is 2.29. The normalized spacial score (nSPS) is 10.6. The number of hydrogen-bond acceptors (Lipinski definition) is 3. The van der Waals surface area contributed by atoms with Crippen molar-refractivity contribution in [2.75, 3.05) is 6.61 Å². The van der Waals surface area contributed by atoms with Gasteiger partial charge in [0.2, 0.25) is 0 Å². The van der Waals surface area contributed by atoms with Crippen molar-refractivity contribution in [2.24, 2.45) is 0 Å². The molecule has 0 fully saturated rings. The molecule has 0 amide bonds. The number of ether oxygens (including phenoxy) is 1. The number of aromatic nitrogens is 1. The molecule has 0 saturated carbocycles. The second-order valence-corrected chi connectivity index (χ2v) is 3.75. The summed E-state index contributed by atoms with van der Waals surface area (Å²) in [6.45, 7) is 2.86. The van der Waals surface area contributed by atoms with Crippen molar-refractivity contribution in [3.05, 3.63) is 30.5 Å². The highest BCUT2D eigenvalue weighted by atomic mass is 16.5. The molecule has 0 aliphatic carbocycles. The Labute approximate surface area is 94.7 Å². The summed E-state index contributed by atoms with van der Waals surface area (Å²) in [7, 11) is 0. The third-order valence-electron chi connectivity index (χ3n) is 2.40. The van der Waals surface area contributed by atoms with Crippen molar-refractivity contribution in [1.82, 2.24) is 4.98 Å². The third kappa shape index (κ3) is 2.42. The molecule has 0 bridgehead atoms. The summed E-state index contributed by atoms with van der Waals surface area (Å²) in [5.74, 6) is 1.01. The maximum Gasteiger partial charge on any atom is 0.134 e. The Balaban J connectivity index is 2.21. The zero-order valence-corrected chi connectivity index (χ0v) is 9.31.